The predicted octanol–water partition coefficient (Wildman–Crippen LogP) is 1.88. The molecule has 0 radical (unpaired) electrons. The molecule has 3 heterocycles. The van der Waals surface area contributed by atoms with Gasteiger partial charge in [-0.05, 0) is 31.2 Å². The highest BCUT2D eigenvalue weighted by Gasteiger charge is 2.25. The summed E-state index contributed by atoms with van der Waals surface area (Å²) in [5.74, 6) is 0.00101. The monoisotopic (exact) mass is 419 g/mol. The van der Waals surface area contributed by atoms with E-state index in [1.807, 2.05) is 11.8 Å². The van der Waals surface area contributed by atoms with E-state index in [0.29, 0.717) is 43.3 Å². The van der Waals surface area contributed by atoms with E-state index in [4.69, 9.17) is 0 Å². The summed E-state index contributed by atoms with van der Waals surface area (Å²) < 4.78 is 26.1. The van der Waals surface area contributed by atoms with Crippen LogP contribution >= 0.6 is 11.3 Å². The van der Waals surface area contributed by atoms with Crippen molar-refractivity contribution >= 4 is 42.4 Å². The van der Waals surface area contributed by atoms with Gasteiger partial charge in [-0.1, -0.05) is 11.3 Å². The van der Waals surface area contributed by atoms with Crippen LogP contribution < -0.4 is 4.90 Å². The summed E-state index contributed by atoms with van der Waals surface area (Å²) in [4.78, 5) is 21.7. The Morgan fingerprint density at radius 2 is 1.93 bits per heavy atom. The maximum atomic E-state index is 12.7. The first kappa shape index (κ1) is 18.9. The lowest BCUT2D eigenvalue weighted by molar-refractivity contribution is 0.0734. The molecule has 8 nitrogen and oxygen atoms in total. The van der Waals surface area contributed by atoms with Gasteiger partial charge in [0.1, 0.15) is 5.69 Å². The van der Waals surface area contributed by atoms with Gasteiger partial charge in [-0.25, -0.2) is 13.4 Å². The minimum Gasteiger partial charge on any atom is -0.345 e. The summed E-state index contributed by atoms with van der Waals surface area (Å²) >= 11 is 1.48. The molecule has 148 valence electrons. The fourth-order valence-electron chi connectivity index (χ4n) is 3.29. The van der Waals surface area contributed by atoms with Gasteiger partial charge in [0.15, 0.2) is 15.0 Å². The lowest BCUT2D eigenvalue weighted by Gasteiger charge is -2.34. The quantitative estimate of drug-likeness (QED) is 0.642. The highest BCUT2D eigenvalue weighted by molar-refractivity contribution is 7.90. The number of benzene rings is 1. The van der Waals surface area contributed by atoms with E-state index in [9.17, 15) is 13.2 Å². The standard InChI is InChI=1S/C18H21N5O3S2/c1-3-23-15(6-7-19-23)17(24)21-8-10-22(11-9-21)18-20-14-5-4-13(28(2,25)26)12-16(14)27-18/h4-7,12H,3,8-11H2,1-2H3. The van der Waals surface area contributed by atoms with Gasteiger partial charge >= 0.3 is 0 Å². The lowest BCUT2D eigenvalue weighted by Crippen LogP contribution is -2.49. The molecule has 0 spiro atoms. The fourth-order valence-corrected chi connectivity index (χ4v) is 5.07. The zero-order valence-corrected chi connectivity index (χ0v) is 17.3. The zero-order chi connectivity index (χ0) is 19.9. The Morgan fingerprint density at radius 3 is 2.61 bits per heavy atom. The molecule has 1 saturated heterocycles. The highest BCUT2D eigenvalue weighted by atomic mass is 32.2. The van der Waals surface area contributed by atoms with Crippen molar-refractivity contribution in [3.05, 3.63) is 36.2 Å². The molecular weight excluding hydrogens is 398 g/mol. The largest absolute Gasteiger partial charge is 0.345 e. The number of nitrogens with zero attached hydrogens (tertiary/aromatic N) is 5. The molecule has 1 aliphatic heterocycles. The van der Waals surface area contributed by atoms with Crippen LogP contribution in [0, 0.1) is 0 Å². The molecule has 0 atom stereocenters. The molecule has 28 heavy (non-hydrogen) atoms. The smallest absolute Gasteiger partial charge is 0.272 e. The molecule has 3 aromatic rings. The number of sulfone groups is 1. The minimum absolute atomic E-state index is 0.00101. The number of amides is 1. The third-order valence-corrected chi connectivity index (χ3v) is 7.04. The normalized spacial score (nSPS) is 15.4. The van der Waals surface area contributed by atoms with Crippen molar-refractivity contribution in [1.82, 2.24) is 19.7 Å². The number of hydrogen-bond donors (Lipinski definition) is 0. The second-order valence-corrected chi connectivity index (χ2v) is 9.73. The molecule has 0 bridgehead atoms. The Morgan fingerprint density at radius 1 is 1.18 bits per heavy atom. The molecule has 0 N–H and O–H groups in total. The van der Waals surface area contributed by atoms with Crippen molar-refractivity contribution in [2.24, 2.45) is 0 Å². The number of fused-ring (bicyclic) bond motifs is 1. The summed E-state index contributed by atoms with van der Waals surface area (Å²) in [5, 5.41) is 5.02. The van der Waals surface area contributed by atoms with Gasteiger partial charge in [0, 0.05) is 45.2 Å². The van der Waals surface area contributed by atoms with Crippen LogP contribution in [0.3, 0.4) is 0 Å². The summed E-state index contributed by atoms with van der Waals surface area (Å²) in [6.45, 7) is 5.21. The van der Waals surface area contributed by atoms with Crippen LogP contribution in [0.2, 0.25) is 0 Å². The number of aryl methyl sites for hydroxylation is 1. The van der Waals surface area contributed by atoms with E-state index < -0.39 is 9.84 Å². The Balaban J connectivity index is 1.48. The molecule has 1 amide bonds. The highest BCUT2D eigenvalue weighted by Crippen LogP contribution is 2.31. The Hall–Kier alpha value is -2.46. The van der Waals surface area contributed by atoms with E-state index in [2.05, 4.69) is 15.0 Å². The Kier molecular flexibility index (Phi) is 4.84. The molecule has 10 heteroatoms. The van der Waals surface area contributed by atoms with Crippen LogP contribution in [0.25, 0.3) is 10.2 Å². The van der Waals surface area contributed by atoms with Crippen LogP contribution in [0.1, 0.15) is 17.4 Å². The first-order valence-electron chi connectivity index (χ1n) is 9.03. The van der Waals surface area contributed by atoms with Gasteiger partial charge in [-0.2, -0.15) is 5.10 Å². The molecule has 4 rings (SSSR count). The summed E-state index contributed by atoms with van der Waals surface area (Å²) in [6, 6.07) is 6.77. The van der Waals surface area contributed by atoms with E-state index >= 15 is 0 Å². The second-order valence-electron chi connectivity index (χ2n) is 6.71. The number of piperazine rings is 1. The predicted molar refractivity (Wildman–Crippen MR) is 109 cm³/mol. The van der Waals surface area contributed by atoms with Gasteiger partial charge in [0.05, 0.1) is 15.1 Å². The van der Waals surface area contributed by atoms with Crippen LogP contribution in [0.5, 0.6) is 0 Å². The molecule has 0 saturated carbocycles. The van der Waals surface area contributed by atoms with E-state index in [1.54, 1.807) is 35.1 Å². The molecule has 1 aromatic carbocycles. The minimum atomic E-state index is -3.24. The van der Waals surface area contributed by atoms with E-state index in [-0.39, 0.29) is 5.91 Å². The van der Waals surface area contributed by atoms with Crippen molar-refractivity contribution in [2.45, 2.75) is 18.4 Å². The number of anilines is 1. The summed E-state index contributed by atoms with van der Waals surface area (Å²) in [6.07, 6.45) is 2.86. The average molecular weight is 420 g/mol. The van der Waals surface area contributed by atoms with Crippen molar-refractivity contribution < 1.29 is 13.2 Å². The third-order valence-electron chi connectivity index (χ3n) is 4.85. The van der Waals surface area contributed by atoms with Crippen LogP contribution in [-0.4, -0.2) is 66.4 Å². The SMILES string of the molecule is CCn1nccc1C(=O)N1CCN(c2nc3ccc(S(C)(=O)=O)cc3s2)CC1. The first-order chi connectivity index (χ1) is 13.4. The topological polar surface area (TPSA) is 88.4 Å². The number of carbonyl (C=O) groups is 1. The van der Waals surface area contributed by atoms with E-state index in [0.717, 1.165) is 15.3 Å². The van der Waals surface area contributed by atoms with Gasteiger partial charge in [0.2, 0.25) is 0 Å². The number of hydrogen-bond acceptors (Lipinski definition) is 7. The Bertz CT molecular complexity index is 1130. The van der Waals surface area contributed by atoms with Gasteiger partial charge < -0.3 is 9.80 Å². The number of rotatable bonds is 4. The average Bonchev–Trinajstić information content (AvgIpc) is 3.32. The molecule has 0 aliphatic carbocycles. The van der Waals surface area contributed by atoms with Gasteiger partial charge in [0.25, 0.3) is 5.91 Å². The number of thiazole rings is 1. The van der Waals surface area contributed by atoms with Gasteiger partial charge in [-0.15, -0.1) is 0 Å². The first-order valence-corrected chi connectivity index (χ1v) is 11.7. The van der Waals surface area contributed by atoms with Crippen molar-refractivity contribution in [2.75, 3.05) is 37.3 Å². The van der Waals surface area contributed by atoms with E-state index in [1.165, 1.54) is 17.6 Å². The molecule has 2 aromatic heterocycles. The number of aromatic nitrogens is 3. The van der Waals surface area contributed by atoms with Crippen LogP contribution in [-0.2, 0) is 16.4 Å². The van der Waals surface area contributed by atoms with Crippen LogP contribution in [0.4, 0.5) is 5.13 Å². The van der Waals surface area contributed by atoms with Crippen molar-refractivity contribution in [3.8, 4) is 0 Å². The van der Waals surface area contributed by atoms with Crippen molar-refractivity contribution in [3.63, 3.8) is 0 Å². The molecule has 1 aliphatic rings. The third kappa shape index (κ3) is 3.49. The second kappa shape index (κ2) is 7.17. The van der Waals surface area contributed by atoms with Crippen LogP contribution in [0.15, 0.2) is 35.4 Å². The summed E-state index contributed by atoms with van der Waals surface area (Å²) in [5.41, 5.74) is 1.40. The zero-order valence-electron chi connectivity index (χ0n) is 15.7. The molecular formula is C18H21N5O3S2. The van der Waals surface area contributed by atoms with Gasteiger partial charge in [-0.3, -0.25) is 9.48 Å². The summed E-state index contributed by atoms with van der Waals surface area (Å²) in [7, 11) is -3.24. The Labute approximate surface area is 167 Å². The molecule has 0 unspecified atom stereocenters. The lowest BCUT2D eigenvalue weighted by atomic mass is 10.3. The fraction of sp³-hybridized carbons (Fsp3) is 0.389. The van der Waals surface area contributed by atoms with Crippen molar-refractivity contribution in [1.29, 1.82) is 0 Å². The maximum Gasteiger partial charge on any atom is 0.272 e. The maximum absolute atomic E-state index is 12.7. The number of carbonyl (C=O) groups excluding carboxylic acids is 1. The molecule has 1 fully saturated rings.